The lowest BCUT2D eigenvalue weighted by Crippen LogP contribution is -2.52. The van der Waals surface area contributed by atoms with Crippen molar-refractivity contribution in [2.24, 2.45) is 0 Å². The van der Waals surface area contributed by atoms with E-state index >= 15 is 0 Å². The molecule has 0 saturated carbocycles. The van der Waals surface area contributed by atoms with Gasteiger partial charge in [-0.05, 0) is 41.6 Å². The van der Waals surface area contributed by atoms with Crippen LogP contribution in [0.2, 0.25) is 5.02 Å². The van der Waals surface area contributed by atoms with Gasteiger partial charge in [-0.15, -0.1) is 0 Å². The van der Waals surface area contributed by atoms with Crippen LogP contribution in [0.3, 0.4) is 0 Å². The minimum Gasteiger partial charge on any atom is -0.333 e. The van der Waals surface area contributed by atoms with Crippen LogP contribution in [0.5, 0.6) is 0 Å². The van der Waals surface area contributed by atoms with Gasteiger partial charge in [0.2, 0.25) is 0 Å². The van der Waals surface area contributed by atoms with Gasteiger partial charge in [-0.25, -0.2) is 4.39 Å². The molecule has 1 atom stereocenters. The normalized spacial score (nSPS) is 20.0. The van der Waals surface area contributed by atoms with E-state index in [4.69, 9.17) is 11.6 Å². The predicted molar refractivity (Wildman–Crippen MR) is 77.5 cm³/mol. The summed E-state index contributed by atoms with van der Waals surface area (Å²) in [6.45, 7) is 4.16. The maximum atomic E-state index is 13.3. The summed E-state index contributed by atoms with van der Waals surface area (Å²) < 4.78 is 13.7. The lowest BCUT2D eigenvalue weighted by atomic mass is 10.1. The maximum Gasteiger partial charge on any atom is 0.255 e. The molecule has 1 heterocycles. The zero-order chi connectivity index (χ0) is 13.3. The monoisotopic (exact) mass is 382 g/mol. The van der Waals surface area contributed by atoms with Crippen LogP contribution < -0.4 is 5.32 Å². The second-order valence-corrected chi connectivity index (χ2v) is 5.87. The van der Waals surface area contributed by atoms with E-state index in [1.807, 2.05) is 29.5 Å². The molecule has 0 unspecified atom stereocenters. The van der Waals surface area contributed by atoms with Crippen molar-refractivity contribution in [3.63, 3.8) is 0 Å². The summed E-state index contributed by atoms with van der Waals surface area (Å²) in [6, 6.07) is 2.82. The van der Waals surface area contributed by atoms with Gasteiger partial charge in [0.15, 0.2) is 0 Å². The van der Waals surface area contributed by atoms with E-state index in [-0.39, 0.29) is 17.0 Å². The first-order valence-corrected chi connectivity index (χ1v) is 7.12. The number of nitrogens with zero attached hydrogens (tertiary/aromatic N) is 1. The molecule has 98 valence electrons. The summed E-state index contributed by atoms with van der Waals surface area (Å²) in [5.74, 6) is -0.530. The molecular formula is C12H13ClFIN2O. The summed E-state index contributed by atoms with van der Waals surface area (Å²) in [5.41, 5.74) is 0.371. The first-order chi connectivity index (χ1) is 8.50. The molecule has 18 heavy (non-hydrogen) atoms. The third kappa shape index (κ3) is 2.78. The molecule has 6 heteroatoms. The van der Waals surface area contributed by atoms with Crippen LogP contribution in [0.4, 0.5) is 4.39 Å². The van der Waals surface area contributed by atoms with Crippen molar-refractivity contribution >= 4 is 40.1 Å². The Morgan fingerprint density at radius 1 is 1.61 bits per heavy atom. The summed E-state index contributed by atoms with van der Waals surface area (Å²) in [5, 5.41) is 3.39. The number of hydrogen-bond donors (Lipinski definition) is 1. The number of hydrogen-bond acceptors (Lipinski definition) is 2. The van der Waals surface area contributed by atoms with E-state index in [1.165, 1.54) is 12.1 Å². The summed E-state index contributed by atoms with van der Waals surface area (Å²) in [7, 11) is 0. The Morgan fingerprint density at radius 2 is 2.33 bits per heavy atom. The quantitative estimate of drug-likeness (QED) is 0.598. The Bertz CT molecular complexity index is 483. The molecule has 0 bridgehead atoms. The van der Waals surface area contributed by atoms with Gasteiger partial charge >= 0.3 is 0 Å². The molecule has 1 aliphatic heterocycles. The van der Waals surface area contributed by atoms with Crippen LogP contribution in [-0.4, -0.2) is 36.5 Å². The molecule has 1 saturated heterocycles. The van der Waals surface area contributed by atoms with Crippen LogP contribution in [0.15, 0.2) is 12.1 Å². The molecule has 0 aromatic heterocycles. The van der Waals surface area contributed by atoms with Crippen LogP contribution in [0, 0.1) is 9.39 Å². The Balaban J connectivity index is 2.30. The molecule has 1 aromatic carbocycles. The third-order valence-corrected chi connectivity index (χ3v) is 4.14. The van der Waals surface area contributed by atoms with E-state index < -0.39 is 5.82 Å². The second kappa shape index (κ2) is 5.71. The third-order valence-electron chi connectivity index (χ3n) is 3.00. The van der Waals surface area contributed by atoms with Crippen molar-refractivity contribution in [1.82, 2.24) is 10.2 Å². The van der Waals surface area contributed by atoms with Crippen LogP contribution in [-0.2, 0) is 0 Å². The SMILES string of the molecule is C[C@@H]1CNCCN1C(=O)c1cc(I)c(F)cc1Cl. The summed E-state index contributed by atoms with van der Waals surface area (Å²) >= 11 is 7.82. The summed E-state index contributed by atoms with van der Waals surface area (Å²) in [6.07, 6.45) is 0. The highest BCUT2D eigenvalue weighted by Gasteiger charge is 2.26. The number of nitrogens with one attached hydrogen (secondary N) is 1. The highest BCUT2D eigenvalue weighted by atomic mass is 127. The molecule has 3 nitrogen and oxygen atoms in total. The zero-order valence-corrected chi connectivity index (χ0v) is 12.8. The van der Waals surface area contributed by atoms with Gasteiger partial charge in [0.05, 0.1) is 10.6 Å². The minimum absolute atomic E-state index is 0.116. The van der Waals surface area contributed by atoms with E-state index in [0.29, 0.717) is 15.7 Å². The molecule has 1 fully saturated rings. The molecule has 0 spiro atoms. The van der Waals surface area contributed by atoms with Gasteiger partial charge in [0.25, 0.3) is 5.91 Å². The van der Waals surface area contributed by atoms with Gasteiger partial charge < -0.3 is 10.2 Å². The molecule has 0 aliphatic carbocycles. The fourth-order valence-corrected chi connectivity index (χ4v) is 2.68. The number of rotatable bonds is 1. The largest absolute Gasteiger partial charge is 0.333 e. The van der Waals surface area contributed by atoms with E-state index in [9.17, 15) is 9.18 Å². The average Bonchev–Trinajstić information content (AvgIpc) is 2.33. The lowest BCUT2D eigenvalue weighted by Gasteiger charge is -2.34. The fraction of sp³-hybridized carbons (Fsp3) is 0.417. The highest BCUT2D eigenvalue weighted by molar-refractivity contribution is 14.1. The summed E-state index contributed by atoms with van der Waals surface area (Å²) in [4.78, 5) is 14.2. The Labute approximate surface area is 124 Å². The van der Waals surface area contributed by atoms with Gasteiger partial charge in [-0.1, -0.05) is 11.6 Å². The van der Waals surface area contributed by atoms with Crippen molar-refractivity contribution in [2.45, 2.75) is 13.0 Å². The fourth-order valence-electron chi connectivity index (χ4n) is 1.98. The molecule has 0 radical (unpaired) electrons. The molecular weight excluding hydrogens is 370 g/mol. The average molecular weight is 383 g/mol. The second-order valence-electron chi connectivity index (χ2n) is 4.30. The predicted octanol–water partition coefficient (Wildman–Crippen LogP) is 2.52. The maximum absolute atomic E-state index is 13.3. The molecule has 1 aliphatic rings. The van der Waals surface area contributed by atoms with Gasteiger partial charge in [0, 0.05) is 29.2 Å². The smallest absolute Gasteiger partial charge is 0.255 e. The van der Waals surface area contributed by atoms with E-state index in [2.05, 4.69) is 5.32 Å². The highest BCUT2D eigenvalue weighted by Crippen LogP contribution is 2.24. The molecule has 1 aromatic rings. The first-order valence-electron chi connectivity index (χ1n) is 5.67. The van der Waals surface area contributed by atoms with Crippen molar-refractivity contribution < 1.29 is 9.18 Å². The zero-order valence-electron chi connectivity index (χ0n) is 9.84. The number of benzene rings is 1. The van der Waals surface area contributed by atoms with Gasteiger partial charge in [-0.2, -0.15) is 0 Å². The van der Waals surface area contributed by atoms with Gasteiger partial charge in [0.1, 0.15) is 5.82 Å². The van der Waals surface area contributed by atoms with Crippen LogP contribution in [0.1, 0.15) is 17.3 Å². The van der Waals surface area contributed by atoms with Crippen molar-refractivity contribution in [1.29, 1.82) is 0 Å². The van der Waals surface area contributed by atoms with Crippen molar-refractivity contribution in [2.75, 3.05) is 19.6 Å². The Hall–Kier alpha value is -0.400. The molecule has 2 rings (SSSR count). The Morgan fingerprint density at radius 3 is 3.00 bits per heavy atom. The number of piperazine rings is 1. The van der Waals surface area contributed by atoms with Crippen LogP contribution >= 0.6 is 34.2 Å². The van der Waals surface area contributed by atoms with E-state index in [0.717, 1.165) is 13.1 Å². The van der Waals surface area contributed by atoms with Gasteiger partial charge in [-0.3, -0.25) is 4.79 Å². The standard InChI is InChI=1S/C12H13ClFIN2O/c1-7-6-16-2-3-17(7)12(18)8-4-11(15)10(14)5-9(8)13/h4-5,7,16H,2-3,6H2,1H3/t7-/m1/s1. The van der Waals surface area contributed by atoms with E-state index in [1.54, 1.807) is 4.90 Å². The number of carbonyl (C=O) groups is 1. The lowest BCUT2D eigenvalue weighted by molar-refractivity contribution is 0.0656. The Kier molecular flexibility index (Phi) is 4.45. The van der Waals surface area contributed by atoms with Crippen molar-refractivity contribution in [3.05, 3.63) is 32.1 Å². The number of carbonyl (C=O) groups excluding carboxylic acids is 1. The topological polar surface area (TPSA) is 32.3 Å². The minimum atomic E-state index is -0.398. The number of halogens is 3. The molecule has 1 amide bonds. The van der Waals surface area contributed by atoms with Crippen LogP contribution in [0.25, 0.3) is 0 Å². The number of amides is 1. The van der Waals surface area contributed by atoms with Crippen molar-refractivity contribution in [3.8, 4) is 0 Å². The first kappa shape index (κ1) is 14.0. The molecule has 1 N–H and O–H groups in total.